The van der Waals surface area contributed by atoms with E-state index < -0.39 is 29.6 Å². The van der Waals surface area contributed by atoms with Gasteiger partial charge in [0.25, 0.3) is 0 Å². The van der Waals surface area contributed by atoms with Gasteiger partial charge >= 0.3 is 6.36 Å². The Balaban J connectivity index is 2.18. The van der Waals surface area contributed by atoms with Crippen molar-refractivity contribution in [3.05, 3.63) is 70.8 Å². The average Bonchev–Trinajstić information content (AvgIpc) is 2.60. The second-order valence-electron chi connectivity index (χ2n) is 5.49. The molecule has 0 bridgehead atoms. The fourth-order valence-electron chi connectivity index (χ4n) is 2.12. The van der Waals surface area contributed by atoms with E-state index in [1.807, 2.05) is 0 Å². The lowest BCUT2D eigenvalue weighted by atomic mass is 10.1. The molecule has 2 rings (SSSR count). The van der Waals surface area contributed by atoms with Gasteiger partial charge in [0, 0.05) is 17.5 Å². The normalized spacial score (nSPS) is 12.1. The fourth-order valence-corrected chi connectivity index (χ4v) is 2.12. The predicted molar refractivity (Wildman–Crippen MR) is 89.5 cm³/mol. The van der Waals surface area contributed by atoms with Gasteiger partial charge in [0.05, 0.1) is 5.56 Å². The standard InChI is InChI=1S/C20H14F6O/c1-2-3-17(21)19(23)15-9-8-14(18(22)12-15)7-4-13-5-10-16(11-6-13)27-20(24,25)26/h5-6,8-12H,2-3H2,1H3/b19-17-. The van der Waals surface area contributed by atoms with Gasteiger partial charge in [-0.1, -0.05) is 24.8 Å². The maximum absolute atomic E-state index is 14.1. The summed E-state index contributed by atoms with van der Waals surface area (Å²) in [5.41, 5.74) is 0.0452. The van der Waals surface area contributed by atoms with Crippen LogP contribution in [0.15, 0.2) is 48.3 Å². The molecule has 0 atom stereocenters. The fraction of sp³-hybridized carbons (Fsp3) is 0.200. The summed E-state index contributed by atoms with van der Waals surface area (Å²) in [6.45, 7) is 1.69. The molecule has 0 spiro atoms. The summed E-state index contributed by atoms with van der Waals surface area (Å²) in [4.78, 5) is 0. The van der Waals surface area contributed by atoms with Crippen molar-refractivity contribution in [2.45, 2.75) is 26.1 Å². The number of halogens is 6. The van der Waals surface area contributed by atoms with E-state index in [4.69, 9.17) is 0 Å². The zero-order chi connectivity index (χ0) is 20.0. The average molecular weight is 384 g/mol. The zero-order valence-corrected chi connectivity index (χ0v) is 14.1. The number of alkyl halides is 3. The molecule has 0 aliphatic carbocycles. The largest absolute Gasteiger partial charge is 0.573 e. The van der Waals surface area contributed by atoms with Crippen LogP contribution in [-0.2, 0) is 0 Å². The van der Waals surface area contributed by atoms with E-state index in [9.17, 15) is 26.3 Å². The minimum Gasteiger partial charge on any atom is -0.406 e. The Morgan fingerprint density at radius 1 is 1.00 bits per heavy atom. The molecule has 1 nitrogen and oxygen atoms in total. The number of ether oxygens (including phenoxy) is 1. The molecule has 0 unspecified atom stereocenters. The van der Waals surface area contributed by atoms with E-state index >= 15 is 0 Å². The molecule has 7 heteroatoms. The minimum atomic E-state index is -4.79. The lowest BCUT2D eigenvalue weighted by molar-refractivity contribution is -0.274. The Bertz CT molecular complexity index is 885. The molecular weight excluding hydrogens is 370 g/mol. The minimum absolute atomic E-state index is 0.0573. The van der Waals surface area contributed by atoms with Gasteiger partial charge in [-0.2, -0.15) is 0 Å². The van der Waals surface area contributed by atoms with E-state index in [1.54, 1.807) is 6.92 Å². The zero-order valence-electron chi connectivity index (χ0n) is 14.1. The monoisotopic (exact) mass is 384 g/mol. The first-order valence-electron chi connectivity index (χ1n) is 7.91. The van der Waals surface area contributed by atoms with E-state index in [1.165, 1.54) is 24.3 Å². The maximum Gasteiger partial charge on any atom is 0.573 e. The molecule has 0 aromatic heterocycles. The molecule has 0 amide bonds. The molecule has 2 aromatic rings. The first-order chi connectivity index (χ1) is 12.7. The Labute approximate surface area is 152 Å². The van der Waals surface area contributed by atoms with Crippen LogP contribution >= 0.6 is 0 Å². The number of hydrogen-bond donors (Lipinski definition) is 0. The Kier molecular flexibility index (Phi) is 6.56. The second-order valence-corrected chi connectivity index (χ2v) is 5.49. The van der Waals surface area contributed by atoms with E-state index in [0.29, 0.717) is 12.0 Å². The number of hydrogen-bond acceptors (Lipinski definition) is 1. The van der Waals surface area contributed by atoms with Gasteiger partial charge in [0.2, 0.25) is 0 Å². The van der Waals surface area contributed by atoms with Gasteiger partial charge in [-0.25, -0.2) is 13.2 Å². The number of benzene rings is 2. The molecule has 0 saturated carbocycles. The van der Waals surface area contributed by atoms with Crippen molar-refractivity contribution in [2.75, 3.05) is 0 Å². The van der Waals surface area contributed by atoms with Crippen molar-refractivity contribution < 1.29 is 31.1 Å². The molecular formula is C20H14F6O. The van der Waals surface area contributed by atoms with Crippen LogP contribution in [-0.4, -0.2) is 6.36 Å². The molecule has 0 N–H and O–H groups in total. The molecule has 142 valence electrons. The highest BCUT2D eigenvalue weighted by atomic mass is 19.4. The number of allylic oxidation sites excluding steroid dienone is 1. The van der Waals surface area contributed by atoms with Crippen molar-refractivity contribution in [2.24, 2.45) is 0 Å². The highest BCUT2D eigenvalue weighted by molar-refractivity contribution is 5.62. The van der Waals surface area contributed by atoms with Crippen LogP contribution < -0.4 is 4.74 Å². The van der Waals surface area contributed by atoms with Crippen LogP contribution in [0.2, 0.25) is 0 Å². The van der Waals surface area contributed by atoms with Crippen molar-refractivity contribution in [1.29, 1.82) is 0 Å². The topological polar surface area (TPSA) is 9.23 Å². The number of rotatable bonds is 4. The van der Waals surface area contributed by atoms with Crippen LogP contribution in [0.3, 0.4) is 0 Å². The maximum atomic E-state index is 14.1. The van der Waals surface area contributed by atoms with Crippen LogP contribution in [0.5, 0.6) is 5.75 Å². The Morgan fingerprint density at radius 2 is 1.67 bits per heavy atom. The van der Waals surface area contributed by atoms with Gasteiger partial charge in [0.15, 0.2) is 5.83 Å². The summed E-state index contributed by atoms with van der Waals surface area (Å²) < 4.78 is 81.4. The first kappa shape index (κ1) is 20.4. The van der Waals surface area contributed by atoms with Gasteiger partial charge in [-0.3, -0.25) is 0 Å². The molecule has 0 aliphatic heterocycles. The third-order valence-electron chi connectivity index (χ3n) is 3.36. The Hall–Kier alpha value is -2.88. The first-order valence-corrected chi connectivity index (χ1v) is 7.91. The van der Waals surface area contributed by atoms with Crippen molar-refractivity contribution in [3.63, 3.8) is 0 Å². The van der Waals surface area contributed by atoms with E-state index in [0.717, 1.165) is 18.2 Å². The molecule has 2 aromatic carbocycles. The summed E-state index contributed by atoms with van der Waals surface area (Å²) in [7, 11) is 0. The predicted octanol–water partition coefficient (Wildman–Crippen LogP) is 6.53. The molecule has 0 radical (unpaired) electrons. The van der Waals surface area contributed by atoms with Crippen LogP contribution in [0.1, 0.15) is 36.5 Å². The summed E-state index contributed by atoms with van der Waals surface area (Å²) in [6, 6.07) is 7.97. The second kappa shape index (κ2) is 8.67. The lowest BCUT2D eigenvalue weighted by Gasteiger charge is -2.08. The van der Waals surface area contributed by atoms with Crippen LogP contribution in [0, 0.1) is 17.7 Å². The van der Waals surface area contributed by atoms with Gasteiger partial charge in [0.1, 0.15) is 17.4 Å². The molecule has 0 fully saturated rings. The highest BCUT2D eigenvalue weighted by Gasteiger charge is 2.30. The third kappa shape index (κ3) is 6.10. The highest BCUT2D eigenvalue weighted by Crippen LogP contribution is 2.26. The summed E-state index contributed by atoms with van der Waals surface area (Å²) >= 11 is 0. The summed E-state index contributed by atoms with van der Waals surface area (Å²) in [6.07, 6.45) is -4.46. The van der Waals surface area contributed by atoms with Gasteiger partial charge < -0.3 is 4.74 Å². The molecule has 0 heterocycles. The van der Waals surface area contributed by atoms with Crippen molar-refractivity contribution in [1.82, 2.24) is 0 Å². The molecule has 0 aliphatic rings. The lowest BCUT2D eigenvalue weighted by Crippen LogP contribution is -2.16. The van der Waals surface area contributed by atoms with Crippen LogP contribution in [0.4, 0.5) is 26.3 Å². The van der Waals surface area contributed by atoms with Crippen molar-refractivity contribution >= 4 is 5.83 Å². The van der Waals surface area contributed by atoms with E-state index in [2.05, 4.69) is 16.6 Å². The van der Waals surface area contributed by atoms with E-state index in [-0.39, 0.29) is 17.5 Å². The SMILES string of the molecule is CCC/C(F)=C(/F)c1ccc(C#Cc2ccc(OC(F)(F)F)cc2)c(F)c1. The van der Waals surface area contributed by atoms with Gasteiger partial charge in [-0.15, -0.1) is 13.2 Å². The quantitative estimate of drug-likeness (QED) is 0.430. The molecule has 0 saturated heterocycles. The van der Waals surface area contributed by atoms with Crippen LogP contribution in [0.25, 0.3) is 5.83 Å². The summed E-state index contributed by atoms with van der Waals surface area (Å²) in [5, 5.41) is 0. The summed E-state index contributed by atoms with van der Waals surface area (Å²) in [5.74, 6) is 1.77. The third-order valence-corrected chi connectivity index (χ3v) is 3.36. The molecule has 27 heavy (non-hydrogen) atoms. The van der Waals surface area contributed by atoms with Crippen molar-refractivity contribution in [3.8, 4) is 17.6 Å². The van der Waals surface area contributed by atoms with Gasteiger partial charge in [-0.05, 0) is 42.8 Å². The Morgan fingerprint density at radius 3 is 2.22 bits per heavy atom. The smallest absolute Gasteiger partial charge is 0.406 e.